The lowest BCUT2D eigenvalue weighted by Crippen LogP contribution is -1.93. The molecule has 0 aromatic carbocycles. The topological polar surface area (TPSA) is 80.4 Å². The fourth-order valence-corrected chi connectivity index (χ4v) is 0.882. The number of aromatic nitrogens is 1. The first-order chi connectivity index (χ1) is 5.65. The van der Waals surface area contributed by atoms with E-state index >= 15 is 0 Å². The van der Waals surface area contributed by atoms with Crippen molar-refractivity contribution in [2.45, 2.75) is 0 Å². The van der Waals surface area contributed by atoms with E-state index in [1.807, 2.05) is 0 Å². The first-order valence-corrected chi connectivity index (χ1v) is 4.16. The van der Waals surface area contributed by atoms with Crippen molar-refractivity contribution in [3.63, 3.8) is 0 Å². The maximum Gasteiger partial charge on any atom is 0.374 e. The molecule has 0 unspecified atom stereocenters. The Kier molecular flexibility index (Phi) is 2.49. The highest BCUT2D eigenvalue weighted by Gasteiger charge is 2.15. The minimum Gasteiger partial charge on any atom is -0.475 e. The van der Waals surface area contributed by atoms with Crippen molar-refractivity contribution in [3.8, 4) is 0 Å². The van der Waals surface area contributed by atoms with Crippen molar-refractivity contribution in [1.29, 1.82) is 0 Å². The fraction of sp³-hybridized carbons (Fsp3) is 0.167. The Bertz CT molecular complexity index is 319. The van der Waals surface area contributed by atoms with E-state index in [0.29, 0.717) is 0 Å². The lowest BCUT2D eigenvalue weighted by Gasteiger charge is -1.83. The number of hydrogen-bond donors (Lipinski definition) is 1. The third-order valence-corrected chi connectivity index (χ3v) is 1.70. The summed E-state index contributed by atoms with van der Waals surface area (Å²) in [4.78, 5) is 21.2. The number of thioether (sulfide) groups is 1. The molecule has 1 heterocycles. The van der Waals surface area contributed by atoms with Crippen LogP contribution in [0.2, 0.25) is 0 Å². The van der Waals surface area contributed by atoms with Gasteiger partial charge >= 0.3 is 5.97 Å². The molecule has 0 aliphatic heterocycles. The summed E-state index contributed by atoms with van der Waals surface area (Å²) in [7, 11) is 0. The summed E-state index contributed by atoms with van der Waals surface area (Å²) < 4.78 is 4.37. The largest absolute Gasteiger partial charge is 0.475 e. The van der Waals surface area contributed by atoms with Crippen molar-refractivity contribution in [2.75, 3.05) is 6.26 Å². The average molecular weight is 187 g/mol. The van der Waals surface area contributed by atoms with Gasteiger partial charge in [0.1, 0.15) is 0 Å². The highest BCUT2D eigenvalue weighted by molar-refractivity contribution is 8.13. The summed E-state index contributed by atoms with van der Waals surface area (Å²) in [5.41, 5.74) is 0.0277. The van der Waals surface area contributed by atoms with Gasteiger partial charge in [0, 0.05) is 6.07 Å². The third-order valence-electron chi connectivity index (χ3n) is 1.12. The predicted octanol–water partition coefficient (Wildman–Crippen LogP) is 0.876. The van der Waals surface area contributed by atoms with Crippen molar-refractivity contribution in [2.24, 2.45) is 0 Å². The lowest BCUT2D eigenvalue weighted by molar-refractivity contribution is 0.0651. The van der Waals surface area contributed by atoms with Crippen LogP contribution in [0.5, 0.6) is 0 Å². The molecule has 5 nitrogen and oxygen atoms in total. The third kappa shape index (κ3) is 1.65. The molecule has 6 heteroatoms. The normalized spacial score (nSPS) is 9.75. The molecule has 0 saturated heterocycles. The quantitative estimate of drug-likeness (QED) is 0.740. The Morgan fingerprint density at radius 2 is 2.33 bits per heavy atom. The van der Waals surface area contributed by atoms with E-state index in [0.717, 1.165) is 17.8 Å². The zero-order chi connectivity index (χ0) is 9.14. The molecule has 0 aliphatic carbocycles. The number of aromatic carboxylic acids is 1. The second kappa shape index (κ2) is 3.40. The molecule has 0 bridgehead atoms. The van der Waals surface area contributed by atoms with Crippen LogP contribution in [0.4, 0.5) is 0 Å². The summed E-state index contributed by atoms with van der Waals surface area (Å²) in [5, 5.41) is 11.4. The van der Waals surface area contributed by atoms with Crippen LogP contribution in [0.3, 0.4) is 0 Å². The molecule has 0 radical (unpaired) electrons. The van der Waals surface area contributed by atoms with E-state index in [4.69, 9.17) is 5.11 Å². The van der Waals surface area contributed by atoms with E-state index in [-0.39, 0.29) is 16.6 Å². The molecule has 64 valence electrons. The SMILES string of the molecule is CSC(=O)c1cc(C(=O)O)on1. The van der Waals surface area contributed by atoms with Crippen LogP contribution >= 0.6 is 11.8 Å². The maximum atomic E-state index is 10.9. The zero-order valence-corrected chi connectivity index (χ0v) is 6.92. The van der Waals surface area contributed by atoms with Crippen molar-refractivity contribution < 1.29 is 19.2 Å². The number of carboxylic acid groups (broad SMARTS) is 1. The van der Waals surface area contributed by atoms with Crippen LogP contribution in [0.25, 0.3) is 0 Å². The van der Waals surface area contributed by atoms with Gasteiger partial charge < -0.3 is 9.63 Å². The molecule has 1 aromatic heterocycles. The first-order valence-electron chi connectivity index (χ1n) is 2.93. The summed E-state index contributed by atoms with van der Waals surface area (Å²) in [6, 6.07) is 1.10. The minimum atomic E-state index is -1.23. The van der Waals surface area contributed by atoms with E-state index < -0.39 is 5.97 Å². The van der Waals surface area contributed by atoms with E-state index in [9.17, 15) is 9.59 Å². The summed E-state index contributed by atoms with van der Waals surface area (Å²) in [5.74, 6) is -1.56. The van der Waals surface area contributed by atoms with Crippen LogP contribution < -0.4 is 0 Å². The van der Waals surface area contributed by atoms with Crippen LogP contribution in [0.1, 0.15) is 21.0 Å². The molecule has 0 fully saturated rings. The molecule has 1 aromatic rings. The Morgan fingerprint density at radius 3 is 2.75 bits per heavy atom. The summed E-state index contributed by atoms with van der Waals surface area (Å²) >= 11 is 0.949. The van der Waals surface area contributed by atoms with Gasteiger partial charge in [-0.05, 0) is 6.26 Å². The molecule has 12 heavy (non-hydrogen) atoms. The molecule has 0 saturated carbocycles. The van der Waals surface area contributed by atoms with Crippen molar-refractivity contribution in [3.05, 3.63) is 17.5 Å². The van der Waals surface area contributed by atoms with E-state index in [1.165, 1.54) is 0 Å². The summed E-state index contributed by atoms with van der Waals surface area (Å²) in [6.07, 6.45) is 1.58. The molecule has 0 aliphatic rings. The first kappa shape index (κ1) is 8.79. The lowest BCUT2D eigenvalue weighted by atomic mass is 10.4. The Balaban J connectivity index is 2.91. The van der Waals surface area contributed by atoms with Gasteiger partial charge in [-0.1, -0.05) is 16.9 Å². The molecular weight excluding hydrogens is 182 g/mol. The maximum absolute atomic E-state index is 10.9. The number of carboxylic acids is 1. The highest BCUT2D eigenvalue weighted by Crippen LogP contribution is 2.09. The highest BCUT2D eigenvalue weighted by atomic mass is 32.2. The molecule has 1 rings (SSSR count). The van der Waals surface area contributed by atoms with Gasteiger partial charge in [-0.3, -0.25) is 4.79 Å². The van der Waals surface area contributed by atoms with Gasteiger partial charge in [0.15, 0.2) is 5.69 Å². The molecule has 1 N–H and O–H groups in total. The smallest absolute Gasteiger partial charge is 0.374 e. The summed E-state index contributed by atoms with van der Waals surface area (Å²) in [6.45, 7) is 0. The van der Waals surface area contributed by atoms with Gasteiger partial charge in [-0.2, -0.15) is 0 Å². The molecule has 0 spiro atoms. The second-order valence-corrected chi connectivity index (χ2v) is 2.65. The van der Waals surface area contributed by atoms with Gasteiger partial charge in [0.2, 0.25) is 10.9 Å². The number of carbonyl (C=O) groups is 2. The Hall–Kier alpha value is -1.30. The predicted molar refractivity (Wildman–Crippen MR) is 41.3 cm³/mol. The molecular formula is C6H5NO4S. The zero-order valence-electron chi connectivity index (χ0n) is 6.10. The number of nitrogens with zero attached hydrogens (tertiary/aromatic N) is 1. The van der Waals surface area contributed by atoms with Crippen molar-refractivity contribution >= 4 is 22.8 Å². The van der Waals surface area contributed by atoms with Gasteiger partial charge in [0.05, 0.1) is 0 Å². The molecule has 0 amide bonds. The minimum absolute atomic E-state index is 0.0277. The van der Waals surface area contributed by atoms with E-state index in [1.54, 1.807) is 6.26 Å². The van der Waals surface area contributed by atoms with Gasteiger partial charge in [0.25, 0.3) is 0 Å². The standard InChI is InChI=1S/C6H5NO4S/c1-12-6(10)3-2-4(5(8)9)11-7-3/h2H,1H3,(H,8,9). The number of hydrogen-bond acceptors (Lipinski definition) is 5. The van der Waals surface area contributed by atoms with Gasteiger partial charge in [-0.25, -0.2) is 4.79 Å². The van der Waals surface area contributed by atoms with Gasteiger partial charge in [-0.15, -0.1) is 0 Å². The number of rotatable bonds is 2. The van der Waals surface area contributed by atoms with Crippen molar-refractivity contribution in [1.82, 2.24) is 5.16 Å². The Morgan fingerprint density at radius 1 is 1.67 bits per heavy atom. The van der Waals surface area contributed by atoms with Crippen LogP contribution in [0.15, 0.2) is 10.6 Å². The second-order valence-electron chi connectivity index (χ2n) is 1.87. The monoisotopic (exact) mass is 187 g/mol. The van der Waals surface area contributed by atoms with Crippen LogP contribution in [-0.4, -0.2) is 27.6 Å². The Labute approximate surface area is 71.7 Å². The number of carbonyl (C=O) groups excluding carboxylic acids is 1. The fourth-order valence-electron chi connectivity index (χ4n) is 0.577. The average Bonchev–Trinajstić information content (AvgIpc) is 2.51. The van der Waals surface area contributed by atoms with Crippen LogP contribution in [-0.2, 0) is 0 Å². The van der Waals surface area contributed by atoms with Crippen LogP contribution in [0, 0.1) is 0 Å². The van der Waals surface area contributed by atoms with E-state index in [2.05, 4.69) is 9.68 Å². The molecule has 0 atom stereocenters.